The molecule has 0 saturated carbocycles. The van der Waals surface area contributed by atoms with Crippen molar-refractivity contribution in [1.82, 2.24) is 9.38 Å². The lowest BCUT2D eigenvalue weighted by atomic mass is 10.3. The van der Waals surface area contributed by atoms with E-state index in [4.69, 9.17) is 13.8 Å². The van der Waals surface area contributed by atoms with E-state index < -0.39 is 14.3 Å². The van der Waals surface area contributed by atoms with Crippen LogP contribution in [0.25, 0.3) is 5.65 Å². The lowest BCUT2D eigenvalue weighted by molar-refractivity contribution is 0.0520. The van der Waals surface area contributed by atoms with E-state index in [1.54, 1.807) is 13.1 Å². The molecule has 0 bridgehead atoms. The fraction of sp³-hybridized carbons (Fsp3) is 0.467. The molecule has 0 fully saturated rings. The van der Waals surface area contributed by atoms with Crippen LogP contribution in [-0.4, -0.2) is 35.2 Å². The van der Waals surface area contributed by atoms with E-state index >= 15 is 0 Å². The number of ether oxygens (including phenoxy) is 1. The smallest absolute Gasteiger partial charge is 0.358 e. The van der Waals surface area contributed by atoms with Gasteiger partial charge in [-0.2, -0.15) is 0 Å². The summed E-state index contributed by atoms with van der Waals surface area (Å²) in [4.78, 5) is 16.0. The number of imidazole rings is 1. The second-order valence-corrected chi connectivity index (χ2v) is 5.97. The average molecular weight is 324 g/mol. The van der Waals surface area contributed by atoms with Crippen LogP contribution >= 0.6 is 8.38 Å². The molecule has 0 unspecified atom stereocenters. The van der Waals surface area contributed by atoms with Gasteiger partial charge in [0.1, 0.15) is 5.65 Å². The summed E-state index contributed by atoms with van der Waals surface area (Å²) in [6, 6.07) is 3.86. The van der Waals surface area contributed by atoms with E-state index in [1.165, 1.54) is 0 Å². The fourth-order valence-electron chi connectivity index (χ4n) is 2.00. The van der Waals surface area contributed by atoms with Crippen LogP contribution in [0.15, 0.2) is 24.5 Å². The summed E-state index contributed by atoms with van der Waals surface area (Å²) in [6.45, 7) is 7.29. The molecule has 0 aliphatic rings. The molecular formula is C15H21N2O4P. The van der Waals surface area contributed by atoms with Crippen LogP contribution in [0.2, 0.25) is 0 Å². The number of hydrogen-bond donors (Lipinski definition) is 0. The molecule has 2 aromatic heterocycles. The topological polar surface area (TPSA) is 62.1 Å². The first kappa shape index (κ1) is 16.9. The van der Waals surface area contributed by atoms with Gasteiger partial charge in [0, 0.05) is 18.6 Å². The van der Waals surface area contributed by atoms with Crippen molar-refractivity contribution >= 4 is 20.0 Å². The number of hydrogen-bond acceptors (Lipinski definition) is 5. The Bertz CT molecular complexity index is 623. The third kappa shape index (κ3) is 4.26. The zero-order valence-corrected chi connectivity index (χ0v) is 14.0. The van der Waals surface area contributed by atoms with Gasteiger partial charge in [-0.1, -0.05) is 6.07 Å². The number of carbonyl (C=O) groups excluding carboxylic acids is 1. The second kappa shape index (κ2) is 8.22. The summed E-state index contributed by atoms with van der Waals surface area (Å²) in [5.41, 5.74) is 2.10. The van der Waals surface area contributed by atoms with Crippen LogP contribution in [0, 0.1) is 0 Å². The monoisotopic (exact) mass is 324 g/mol. The molecule has 120 valence electrons. The highest BCUT2D eigenvalue weighted by molar-refractivity contribution is 7.46. The first-order chi connectivity index (χ1) is 10.7. The molecule has 0 spiro atoms. The number of aromatic nitrogens is 2. The summed E-state index contributed by atoms with van der Waals surface area (Å²) >= 11 is 0. The standard InChI is InChI=1S/C15H21N2O4P/c1-4-19-15(18)13-10-17-9-12(7-8-14(17)16-13)11-22(20-5-2)21-6-3/h7-10H,4-6,11H2,1-3H3. The van der Waals surface area contributed by atoms with Crippen molar-refractivity contribution in [2.75, 3.05) is 19.8 Å². The van der Waals surface area contributed by atoms with E-state index in [1.807, 2.05) is 36.6 Å². The highest BCUT2D eigenvalue weighted by atomic mass is 31.2. The van der Waals surface area contributed by atoms with E-state index in [0.717, 1.165) is 5.56 Å². The molecule has 0 aliphatic heterocycles. The zero-order valence-electron chi connectivity index (χ0n) is 13.1. The van der Waals surface area contributed by atoms with Crippen LogP contribution in [0.4, 0.5) is 0 Å². The quantitative estimate of drug-likeness (QED) is 0.550. The number of carbonyl (C=O) groups is 1. The summed E-state index contributed by atoms with van der Waals surface area (Å²) in [5.74, 6) is -0.404. The minimum Gasteiger partial charge on any atom is -0.461 e. The van der Waals surface area contributed by atoms with Gasteiger partial charge in [0.2, 0.25) is 0 Å². The summed E-state index contributed by atoms with van der Waals surface area (Å²) in [5, 5.41) is 0. The molecular weight excluding hydrogens is 303 g/mol. The number of pyridine rings is 1. The minimum atomic E-state index is -0.929. The van der Waals surface area contributed by atoms with Crippen LogP contribution in [0.5, 0.6) is 0 Å². The van der Waals surface area contributed by atoms with Gasteiger partial charge in [0.15, 0.2) is 14.1 Å². The molecule has 2 rings (SSSR count). The highest BCUT2D eigenvalue weighted by Crippen LogP contribution is 2.41. The zero-order chi connectivity index (χ0) is 15.9. The molecule has 0 radical (unpaired) electrons. The summed E-state index contributed by atoms with van der Waals surface area (Å²) < 4.78 is 18.0. The maximum Gasteiger partial charge on any atom is 0.358 e. The predicted molar refractivity (Wildman–Crippen MR) is 85.0 cm³/mol. The van der Waals surface area contributed by atoms with Gasteiger partial charge in [0.05, 0.1) is 19.8 Å². The Kier molecular flexibility index (Phi) is 6.31. The van der Waals surface area contributed by atoms with E-state index in [0.29, 0.717) is 37.3 Å². The molecule has 22 heavy (non-hydrogen) atoms. The van der Waals surface area contributed by atoms with Crippen molar-refractivity contribution in [3.63, 3.8) is 0 Å². The fourth-order valence-corrected chi connectivity index (χ4v) is 3.32. The Morgan fingerprint density at radius 2 is 1.86 bits per heavy atom. The molecule has 7 heteroatoms. The van der Waals surface area contributed by atoms with Crippen molar-refractivity contribution in [1.29, 1.82) is 0 Å². The van der Waals surface area contributed by atoms with Crippen LogP contribution in [0.1, 0.15) is 36.8 Å². The van der Waals surface area contributed by atoms with Gasteiger partial charge in [0.25, 0.3) is 0 Å². The number of fused-ring (bicyclic) bond motifs is 1. The summed E-state index contributed by atoms with van der Waals surface area (Å²) in [7, 11) is -0.929. The van der Waals surface area contributed by atoms with Crippen molar-refractivity contribution in [2.24, 2.45) is 0 Å². The molecule has 0 N–H and O–H groups in total. The lowest BCUT2D eigenvalue weighted by Crippen LogP contribution is -2.04. The molecule has 0 atom stereocenters. The molecule has 0 aromatic carbocycles. The molecule has 0 saturated heterocycles. The predicted octanol–water partition coefficient (Wildman–Crippen LogP) is 3.40. The van der Waals surface area contributed by atoms with Gasteiger partial charge in [-0.15, -0.1) is 0 Å². The van der Waals surface area contributed by atoms with E-state index in [9.17, 15) is 4.79 Å². The molecule has 2 aromatic rings. The van der Waals surface area contributed by atoms with Crippen molar-refractivity contribution in [2.45, 2.75) is 26.9 Å². The SMILES string of the molecule is CCOC(=O)c1cn2cc(CP(OCC)OCC)ccc2n1. The highest BCUT2D eigenvalue weighted by Gasteiger charge is 2.14. The Labute approximate surface area is 131 Å². The van der Waals surface area contributed by atoms with E-state index in [-0.39, 0.29) is 0 Å². The van der Waals surface area contributed by atoms with Gasteiger partial charge in [-0.3, -0.25) is 0 Å². The Morgan fingerprint density at radius 3 is 2.50 bits per heavy atom. The van der Waals surface area contributed by atoms with Crippen LogP contribution in [-0.2, 0) is 19.9 Å². The maximum atomic E-state index is 11.7. The van der Waals surface area contributed by atoms with Gasteiger partial charge in [-0.05, 0) is 32.4 Å². The van der Waals surface area contributed by atoms with Gasteiger partial charge < -0.3 is 18.2 Å². The number of esters is 1. The van der Waals surface area contributed by atoms with Gasteiger partial charge >= 0.3 is 5.97 Å². The molecule has 6 nitrogen and oxygen atoms in total. The Balaban J connectivity index is 2.17. The number of rotatable bonds is 8. The minimum absolute atomic E-state index is 0.316. The third-order valence-corrected chi connectivity index (χ3v) is 4.57. The van der Waals surface area contributed by atoms with Crippen LogP contribution in [0.3, 0.4) is 0 Å². The number of nitrogens with zero attached hydrogens (tertiary/aromatic N) is 2. The van der Waals surface area contributed by atoms with Gasteiger partial charge in [-0.25, -0.2) is 9.78 Å². The van der Waals surface area contributed by atoms with E-state index in [2.05, 4.69) is 4.98 Å². The molecule has 0 aliphatic carbocycles. The van der Waals surface area contributed by atoms with Crippen molar-refractivity contribution in [3.05, 3.63) is 35.8 Å². The first-order valence-corrected chi connectivity index (χ1v) is 8.72. The average Bonchev–Trinajstić information content (AvgIpc) is 2.91. The maximum absolute atomic E-state index is 11.7. The molecule has 0 amide bonds. The lowest BCUT2D eigenvalue weighted by Gasteiger charge is -2.15. The normalized spacial score (nSPS) is 11.3. The van der Waals surface area contributed by atoms with Crippen molar-refractivity contribution < 1.29 is 18.6 Å². The Hall–Kier alpha value is -1.49. The van der Waals surface area contributed by atoms with Crippen molar-refractivity contribution in [3.8, 4) is 0 Å². The van der Waals surface area contributed by atoms with Crippen LogP contribution < -0.4 is 0 Å². The Morgan fingerprint density at radius 1 is 1.14 bits per heavy atom. The first-order valence-electron chi connectivity index (χ1n) is 7.36. The second-order valence-electron chi connectivity index (χ2n) is 4.48. The third-order valence-electron chi connectivity index (χ3n) is 2.85. The summed E-state index contributed by atoms with van der Waals surface area (Å²) in [6.07, 6.45) is 4.33. The molecule has 2 heterocycles. The largest absolute Gasteiger partial charge is 0.461 e.